The van der Waals surface area contributed by atoms with Gasteiger partial charge in [-0.05, 0) is 30.5 Å². The van der Waals surface area contributed by atoms with Gasteiger partial charge in [0.2, 0.25) is 0 Å². The quantitative estimate of drug-likeness (QED) is 0.475. The molecule has 0 unspecified atom stereocenters. The van der Waals surface area contributed by atoms with Crippen LogP contribution in [-0.2, 0) is 6.54 Å². The molecule has 0 aliphatic heterocycles. The number of hydrogen-bond donors (Lipinski definition) is 3. The molecule has 0 saturated carbocycles. The van der Waals surface area contributed by atoms with Gasteiger partial charge in [-0.15, -0.1) is 0 Å². The number of nitriles is 1. The molecule has 7 nitrogen and oxygen atoms in total. The second kappa shape index (κ2) is 10.7. The lowest BCUT2D eigenvalue weighted by molar-refractivity contribution is 0.0948. The van der Waals surface area contributed by atoms with E-state index < -0.39 is 6.04 Å². The minimum absolute atomic E-state index is 0.0625. The topological polar surface area (TPSA) is 111 Å². The highest BCUT2D eigenvalue weighted by molar-refractivity contribution is 5.95. The van der Waals surface area contributed by atoms with Crippen LogP contribution >= 0.6 is 0 Å². The zero-order chi connectivity index (χ0) is 23.1. The van der Waals surface area contributed by atoms with E-state index in [2.05, 4.69) is 29.6 Å². The summed E-state index contributed by atoms with van der Waals surface area (Å²) in [6, 6.07) is 18.3. The Morgan fingerprint density at radius 1 is 1.12 bits per heavy atom. The van der Waals surface area contributed by atoms with E-state index in [4.69, 9.17) is 9.78 Å². The summed E-state index contributed by atoms with van der Waals surface area (Å²) in [6.45, 7) is 6.56. The van der Waals surface area contributed by atoms with Crippen molar-refractivity contribution in [2.45, 2.75) is 39.4 Å². The molecule has 1 aromatic heterocycles. The second-order valence-corrected chi connectivity index (χ2v) is 8.09. The molecule has 1 amide bonds. The lowest BCUT2D eigenvalue weighted by Crippen LogP contribution is -2.36. The molecule has 3 N–H and O–H groups in total. The maximum absolute atomic E-state index is 12.3. The normalized spacial score (nSPS) is 12.9. The average Bonchev–Trinajstić information content (AvgIpc) is 3.30. The number of carbonyl (C=O) groups is 1. The fraction of sp³-hybridized carbons (Fsp3) is 0.320. The van der Waals surface area contributed by atoms with Crippen LogP contribution in [0.25, 0.3) is 22.6 Å². The molecule has 0 aliphatic carbocycles. The number of nitrogens with zero attached hydrogens (tertiary/aromatic N) is 2. The van der Waals surface area contributed by atoms with E-state index in [1.54, 1.807) is 25.1 Å². The van der Waals surface area contributed by atoms with E-state index in [1.807, 2.05) is 42.5 Å². The standard InChI is InChI=1S/C25H28N4O3/c1-16(2)23(15-30)27-14-18-7-9-19(10-8-18)24-12-22(29-32-24)20-5-4-6-21(11-20)25(31)28-17(3)13-26/h4-12,16-17,23,27,30H,14-15H2,1-3H3,(H,28,31)/t17-,23-/m1/s1. The third-order valence-corrected chi connectivity index (χ3v) is 5.28. The predicted octanol–water partition coefficient (Wildman–Crippen LogP) is 3.76. The largest absolute Gasteiger partial charge is 0.395 e. The van der Waals surface area contributed by atoms with Crippen molar-refractivity contribution in [1.29, 1.82) is 5.26 Å². The van der Waals surface area contributed by atoms with Crippen molar-refractivity contribution in [1.82, 2.24) is 15.8 Å². The minimum atomic E-state index is -0.567. The summed E-state index contributed by atoms with van der Waals surface area (Å²) >= 11 is 0. The fourth-order valence-corrected chi connectivity index (χ4v) is 3.23. The van der Waals surface area contributed by atoms with Gasteiger partial charge in [0, 0.05) is 35.3 Å². The number of benzene rings is 2. The number of aliphatic hydroxyl groups is 1. The summed E-state index contributed by atoms with van der Waals surface area (Å²) in [4.78, 5) is 12.3. The van der Waals surface area contributed by atoms with Gasteiger partial charge in [-0.1, -0.05) is 55.4 Å². The van der Waals surface area contributed by atoms with Gasteiger partial charge in [-0.2, -0.15) is 5.26 Å². The highest BCUT2D eigenvalue weighted by atomic mass is 16.5. The molecule has 3 rings (SSSR count). The van der Waals surface area contributed by atoms with Gasteiger partial charge in [0.1, 0.15) is 11.7 Å². The van der Waals surface area contributed by atoms with E-state index in [0.29, 0.717) is 29.5 Å². The third-order valence-electron chi connectivity index (χ3n) is 5.28. The molecular formula is C25H28N4O3. The summed E-state index contributed by atoms with van der Waals surface area (Å²) in [7, 11) is 0. The highest BCUT2D eigenvalue weighted by Gasteiger charge is 2.14. The Labute approximate surface area is 188 Å². The van der Waals surface area contributed by atoms with Gasteiger partial charge >= 0.3 is 0 Å². The molecule has 2 aromatic carbocycles. The first-order valence-corrected chi connectivity index (χ1v) is 10.6. The SMILES string of the molecule is CC(C)[C@@H](CO)NCc1ccc(-c2cc(-c3cccc(C(=O)N[C@H](C)C#N)c3)no2)cc1. The van der Waals surface area contributed by atoms with Crippen molar-refractivity contribution in [3.05, 3.63) is 65.7 Å². The zero-order valence-corrected chi connectivity index (χ0v) is 18.5. The van der Waals surface area contributed by atoms with Gasteiger partial charge in [-0.3, -0.25) is 4.79 Å². The molecule has 3 aromatic rings. The average molecular weight is 433 g/mol. The van der Waals surface area contributed by atoms with Gasteiger partial charge in [0.25, 0.3) is 5.91 Å². The Bertz CT molecular complexity index is 1080. The van der Waals surface area contributed by atoms with Crippen LogP contribution in [0.1, 0.15) is 36.7 Å². The van der Waals surface area contributed by atoms with Crippen molar-refractivity contribution >= 4 is 5.91 Å². The van der Waals surface area contributed by atoms with E-state index in [0.717, 1.165) is 16.7 Å². The molecule has 0 bridgehead atoms. The Balaban J connectivity index is 1.70. The van der Waals surface area contributed by atoms with E-state index in [-0.39, 0.29) is 18.6 Å². The number of nitrogens with one attached hydrogen (secondary N) is 2. The van der Waals surface area contributed by atoms with Crippen LogP contribution in [0, 0.1) is 17.2 Å². The molecule has 32 heavy (non-hydrogen) atoms. The van der Waals surface area contributed by atoms with Crippen LogP contribution in [0.5, 0.6) is 0 Å². The van der Waals surface area contributed by atoms with E-state index in [1.165, 1.54) is 0 Å². The summed E-state index contributed by atoms with van der Waals surface area (Å²) in [5, 5.41) is 28.5. The van der Waals surface area contributed by atoms with Crippen molar-refractivity contribution < 1.29 is 14.4 Å². The molecule has 0 fully saturated rings. The van der Waals surface area contributed by atoms with Crippen LogP contribution < -0.4 is 10.6 Å². The van der Waals surface area contributed by atoms with Gasteiger partial charge < -0.3 is 20.3 Å². The Hall–Kier alpha value is -3.47. The Morgan fingerprint density at radius 2 is 1.88 bits per heavy atom. The molecule has 0 spiro atoms. The van der Waals surface area contributed by atoms with E-state index in [9.17, 15) is 9.90 Å². The second-order valence-electron chi connectivity index (χ2n) is 8.09. The van der Waals surface area contributed by atoms with Gasteiger partial charge in [0.15, 0.2) is 5.76 Å². The first kappa shape index (κ1) is 23.2. The molecule has 0 aliphatic rings. The van der Waals surface area contributed by atoms with Crippen LogP contribution in [0.15, 0.2) is 59.1 Å². The monoisotopic (exact) mass is 432 g/mol. The number of carbonyl (C=O) groups excluding carboxylic acids is 1. The van der Waals surface area contributed by atoms with Crippen LogP contribution in [0.3, 0.4) is 0 Å². The smallest absolute Gasteiger partial charge is 0.252 e. The van der Waals surface area contributed by atoms with E-state index >= 15 is 0 Å². The number of amides is 1. The van der Waals surface area contributed by atoms with Crippen LogP contribution in [-0.4, -0.2) is 34.9 Å². The number of hydrogen-bond acceptors (Lipinski definition) is 6. The maximum Gasteiger partial charge on any atom is 0.252 e. The lowest BCUT2D eigenvalue weighted by Gasteiger charge is -2.19. The first-order chi connectivity index (χ1) is 15.4. The van der Waals surface area contributed by atoms with Crippen LogP contribution in [0.2, 0.25) is 0 Å². The molecule has 7 heteroatoms. The summed E-state index contributed by atoms with van der Waals surface area (Å²) < 4.78 is 5.53. The van der Waals surface area contributed by atoms with Gasteiger partial charge in [-0.25, -0.2) is 0 Å². The van der Waals surface area contributed by atoms with Gasteiger partial charge in [0.05, 0.1) is 12.7 Å². The number of rotatable bonds is 9. The summed E-state index contributed by atoms with van der Waals surface area (Å²) in [5.41, 5.74) is 3.83. The molecular weight excluding hydrogens is 404 g/mol. The van der Waals surface area contributed by atoms with Crippen molar-refractivity contribution in [2.75, 3.05) is 6.61 Å². The summed E-state index contributed by atoms with van der Waals surface area (Å²) in [6.07, 6.45) is 0. The summed E-state index contributed by atoms with van der Waals surface area (Å²) in [5.74, 6) is 0.670. The highest BCUT2D eigenvalue weighted by Crippen LogP contribution is 2.27. The number of aromatic nitrogens is 1. The predicted molar refractivity (Wildman–Crippen MR) is 122 cm³/mol. The third kappa shape index (κ3) is 5.82. The Morgan fingerprint density at radius 3 is 2.53 bits per heavy atom. The van der Waals surface area contributed by atoms with Crippen molar-refractivity contribution in [2.24, 2.45) is 5.92 Å². The van der Waals surface area contributed by atoms with Crippen molar-refractivity contribution in [3.8, 4) is 28.7 Å². The minimum Gasteiger partial charge on any atom is -0.395 e. The molecule has 1 heterocycles. The lowest BCUT2D eigenvalue weighted by atomic mass is 10.0. The zero-order valence-electron chi connectivity index (χ0n) is 18.5. The Kier molecular flexibility index (Phi) is 7.77. The molecule has 166 valence electrons. The maximum atomic E-state index is 12.3. The number of aliphatic hydroxyl groups excluding tert-OH is 1. The molecule has 2 atom stereocenters. The first-order valence-electron chi connectivity index (χ1n) is 10.6. The van der Waals surface area contributed by atoms with Crippen molar-refractivity contribution in [3.63, 3.8) is 0 Å². The fourth-order valence-electron chi connectivity index (χ4n) is 3.23. The molecule has 0 saturated heterocycles. The van der Waals surface area contributed by atoms with Crippen LogP contribution in [0.4, 0.5) is 0 Å². The molecule has 0 radical (unpaired) electrons.